The summed E-state index contributed by atoms with van der Waals surface area (Å²) in [5.74, 6) is 1.51. The molecule has 3 aromatic rings. The van der Waals surface area contributed by atoms with Crippen molar-refractivity contribution < 1.29 is 9.21 Å². The van der Waals surface area contributed by atoms with Crippen molar-refractivity contribution in [2.75, 3.05) is 31.5 Å². The van der Waals surface area contributed by atoms with Crippen LogP contribution in [-0.4, -0.2) is 47.0 Å². The molecule has 6 nitrogen and oxygen atoms in total. The van der Waals surface area contributed by atoms with Crippen LogP contribution in [0.1, 0.15) is 22.6 Å². The lowest BCUT2D eigenvalue weighted by molar-refractivity contribution is 0.141. The molecule has 156 valence electrons. The molecule has 2 heterocycles. The van der Waals surface area contributed by atoms with E-state index in [1.54, 1.807) is 0 Å². The van der Waals surface area contributed by atoms with E-state index in [2.05, 4.69) is 16.3 Å². The molecular weight excluding hydrogens is 376 g/mol. The van der Waals surface area contributed by atoms with Gasteiger partial charge in [-0.05, 0) is 56.2 Å². The summed E-state index contributed by atoms with van der Waals surface area (Å²) in [4.78, 5) is 21.5. The first-order chi connectivity index (χ1) is 14.5. The molecule has 30 heavy (non-hydrogen) atoms. The normalized spacial score (nSPS) is 14.7. The molecule has 1 fully saturated rings. The van der Waals surface area contributed by atoms with Gasteiger partial charge in [-0.1, -0.05) is 24.3 Å². The van der Waals surface area contributed by atoms with Gasteiger partial charge in [0.05, 0.1) is 5.69 Å². The minimum absolute atomic E-state index is 0.0383. The first kappa shape index (κ1) is 20.2. The fraction of sp³-hybridized carbons (Fsp3) is 0.333. The van der Waals surface area contributed by atoms with Gasteiger partial charge in [-0.2, -0.15) is 0 Å². The number of aryl methyl sites for hydroxylation is 3. The van der Waals surface area contributed by atoms with E-state index in [-0.39, 0.29) is 6.03 Å². The molecule has 1 N–H and O–H groups in total. The first-order valence-corrected chi connectivity index (χ1v) is 10.4. The summed E-state index contributed by atoms with van der Waals surface area (Å²) in [7, 11) is 0. The summed E-state index contributed by atoms with van der Waals surface area (Å²) in [5, 5.41) is 3.03. The molecule has 1 saturated heterocycles. The van der Waals surface area contributed by atoms with Crippen LogP contribution in [0.3, 0.4) is 0 Å². The second kappa shape index (κ2) is 8.71. The van der Waals surface area contributed by atoms with E-state index in [1.807, 2.05) is 68.1 Å². The second-order valence-corrected chi connectivity index (χ2v) is 7.96. The summed E-state index contributed by atoms with van der Waals surface area (Å²) >= 11 is 0. The highest BCUT2D eigenvalue weighted by Gasteiger charge is 2.23. The summed E-state index contributed by atoms with van der Waals surface area (Å²) in [6.45, 7) is 9.78. The van der Waals surface area contributed by atoms with Crippen molar-refractivity contribution in [2.45, 2.75) is 27.3 Å². The Hall–Kier alpha value is -3.12. The zero-order valence-electron chi connectivity index (χ0n) is 17.8. The SMILES string of the molecule is Cc1cc(C)cc(NC(=O)N2CCN(Cc3nc(-c4ccccc4)oc3C)CC2)c1. The number of rotatable bonds is 4. The fourth-order valence-electron chi connectivity index (χ4n) is 3.85. The molecule has 0 saturated carbocycles. The van der Waals surface area contributed by atoms with E-state index < -0.39 is 0 Å². The molecule has 1 aliphatic rings. The fourth-order valence-corrected chi connectivity index (χ4v) is 3.85. The molecule has 0 spiro atoms. The van der Waals surface area contributed by atoms with Gasteiger partial charge in [-0.15, -0.1) is 0 Å². The molecule has 1 aliphatic heterocycles. The molecule has 6 heteroatoms. The van der Waals surface area contributed by atoms with Gasteiger partial charge in [0.1, 0.15) is 5.76 Å². The Morgan fingerprint density at radius 3 is 2.33 bits per heavy atom. The van der Waals surface area contributed by atoms with Gasteiger partial charge in [0.2, 0.25) is 5.89 Å². The number of aromatic nitrogens is 1. The Kier molecular flexibility index (Phi) is 5.86. The molecule has 1 aromatic heterocycles. The Morgan fingerprint density at radius 2 is 1.67 bits per heavy atom. The van der Waals surface area contributed by atoms with Crippen LogP contribution in [0, 0.1) is 20.8 Å². The highest BCUT2D eigenvalue weighted by atomic mass is 16.4. The standard InChI is InChI=1S/C24H28N4O2/c1-17-13-18(2)15-21(14-17)25-24(29)28-11-9-27(10-12-28)16-22-19(3)30-23(26-22)20-7-5-4-6-8-20/h4-8,13-15H,9-12,16H2,1-3H3,(H,25,29). The molecule has 0 radical (unpaired) electrons. The van der Waals surface area contributed by atoms with Crippen molar-refractivity contribution in [1.82, 2.24) is 14.8 Å². The van der Waals surface area contributed by atoms with Crippen LogP contribution in [0.2, 0.25) is 0 Å². The minimum Gasteiger partial charge on any atom is -0.441 e. The number of oxazole rings is 1. The van der Waals surface area contributed by atoms with Gasteiger partial charge in [-0.3, -0.25) is 4.90 Å². The van der Waals surface area contributed by atoms with E-state index in [4.69, 9.17) is 9.40 Å². The van der Waals surface area contributed by atoms with E-state index in [0.717, 1.165) is 53.5 Å². The molecule has 2 amide bonds. The maximum atomic E-state index is 12.6. The number of carbonyl (C=O) groups excluding carboxylic acids is 1. The van der Waals surface area contributed by atoms with Crippen LogP contribution in [0.4, 0.5) is 10.5 Å². The molecule has 0 atom stereocenters. The first-order valence-electron chi connectivity index (χ1n) is 10.4. The third-order valence-electron chi connectivity index (χ3n) is 5.42. The van der Waals surface area contributed by atoms with Crippen molar-refractivity contribution in [3.63, 3.8) is 0 Å². The van der Waals surface area contributed by atoms with Crippen LogP contribution in [-0.2, 0) is 6.54 Å². The van der Waals surface area contributed by atoms with Crippen molar-refractivity contribution in [2.24, 2.45) is 0 Å². The Morgan fingerprint density at radius 1 is 1.00 bits per heavy atom. The zero-order chi connectivity index (χ0) is 21.1. The van der Waals surface area contributed by atoms with Gasteiger partial charge >= 0.3 is 6.03 Å². The van der Waals surface area contributed by atoms with Gasteiger partial charge in [-0.25, -0.2) is 9.78 Å². The van der Waals surface area contributed by atoms with E-state index in [0.29, 0.717) is 19.0 Å². The lowest BCUT2D eigenvalue weighted by Crippen LogP contribution is -2.49. The smallest absolute Gasteiger partial charge is 0.321 e. The highest BCUT2D eigenvalue weighted by Crippen LogP contribution is 2.23. The average Bonchev–Trinajstić information content (AvgIpc) is 3.09. The number of urea groups is 1. The minimum atomic E-state index is -0.0383. The summed E-state index contributed by atoms with van der Waals surface area (Å²) in [6.07, 6.45) is 0. The quantitative estimate of drug-likeness (QED) is 0.689. The maximum absolute atomic E-state index is 12.6. The van der Waals surface area contributed by atoms with Gasteiger partial charge < -0.3 is 14.6 Å². The van der Waals surface area contributed by atoms with Gasteiger partial charge in [0, 0.05) is 44.0 Å². The molecule has 0 unspecified atom stereocenters. The molecular formula is C24H28N4O2. The van der Waals surface area contributed by atoms with Crippen molar-refractivity contribution >= 4 is 11.7 Å². The van der Waals surface area contributed by atoms with E-state index in [9.17, 15) is 4.79 Å². The zero-order valence-corrected chi connectivity index (χ0v) is 17.8. The molecule has 0 aliphatic carbocycles. The molecule has 4 rings (SSSR count). The number of benzene rings is 2. The number of nitrogens with one attached hydrogen (secondary N) is 1. The monoisotopic (exact) mass is 404 g/mol. The number of hydrogen-bond acceptors (Lipinski definition) is 4. The third-order valence-corrected chi connectivity index (χ3v) is 5.42. The van der Waals surface area contributed by atoms with Gasteiger partial charge in [0.15, 0.2) is 0 Å². The number of amides is 2. The van der Waals surface area contributed by atoms with Crippen LogP contribution in [0.25, 0.3) is 11.5 Å². The average molecular weight is 405 g/mol. The summed E-state index contributed by atoms with van der Waals surface area (Å²) < 4.78 is 5.87. The van der Waals surface area contributed by atoms with E-state index in [1.165, 1.54) is 0 Å². The third kappa shape index (κ3) is 4.71. The van der Waals surface area contributed by atoms with Crippen molar-refractivity contribution in [1.29, 1.82) is 0 Å². The predicted molar refractivity (Wildman–Crippen MR) is 118 cm³/mol. The number of nitrogens with zero attached hydrogens (tertiary/aromatic N) is 3. The topological polar surface area (TPSA) is 61.6 Å². The maximum Gasteiger partial charge on any atom is 0.321 e. The van der Waals surface area contributed by atoms with Crippen LogP contribution < -0.4 is 5.32 Å². The highest BCUT2D eigenvalue weighted by molar-refractivity contribution is 5.89. The number of piperazine rings is 1. The summed E-state index contributed by atoms with van der Waals surface area (Å²) in [6, 6.07) is 16.0. The van der Waals surface area contributed by atoms with E-state index >= 15 is 0 Å². The molecule has 2 aromatic carbocycles. The lowest BCUT2D eigenvalue weighted by atomic mass is 10.1. The Labute approximate surface area is 177 Å². The Balaban J connectivity index is 1.33. The van der Waals surface area contributed by atoms with Crippen LogP contribution in [0.5, 0.6) is 0 Å². The number of hydrogen-bond donors (Lipinski definition) is 1. The lowest BCUT2D eigenvalue weighted by Gasteiger charge is -2.34. The molecule has 0 bridgehead atoms. The van der Waals surface area contributed by atoms with Crippen molar-refractivity contribution in [3.8, 4) is 11.5 Å². The van der Waals surface area contributed by atoms with Crippen LogP contribution >= 0.6 is 0 Å². The Bertz CT molecular complexity index is 1000. The second-order valence-electron chi connectivity index (χ2n) is 7.96. The van der Waals surface area contributed by atoms with Crippen LogP contribution in [0.15, 0.2) is 52.9 Å². The van der Waals surface area contributed by atoms with Gasteiger partial charge in [0.25, 0.3) is 0 Å². The largest absolute Gasteiger partial charge is 0.441 e. The number of carbonyl (C=O) groups is 1. The predicted octanol–water partition coefficient (Wildman–Crippen LogP) is 4.62. The number of anilines is 1. The summed E-state index contributed by atoms with van der Waals surface area (Å²) in [5.41, 5.74) is 5.09. The van der Waals surface area contributed by atoms with Crippen molar-refractivity contribution in [3.05, 3.63) is 71.1 Å².